The fraction of sp³-hybridized carbons (Fsp3) is 0.923. The van der Waals surface area contributed by atoms with Gasteiger partial charge in [0, 0.05) is 12.6 Å². The van der Waals surface area contributed by atoms with Gasteiger partial charge >= 0.3 is 5.97 Å². The number of carbonyl (C=O) groups excluding carboxylic acids is 1. The molecule has 1 aliphatic carbocycles. The van der Waals surface area contributed by atoms with E-state index in [0.29, 0.717) is 19.4 Å². The maximum absolute atomic E-state index is 12.4. The van der Waals surface area contributed by atoms with Crippen LogP contribution in [0.25, 0.3) is 0 Å². The van der Waals surface area contributed by atoms with E-state index in [2.05, 4.69) is 9.62 Å². The van der Waals surface area contributed by atoms with Gasteiger partial charge in [0.25, 0.3) is 0 Å². The Kier molecular flexibility index (Phi) is 5.04. The Balaban J connectivity index is 1.97. The van der Waals surface area contributed by atoms with Crippen LogP contribution in [0.5, 0.6) is 0 Å². The lowest BCUT2D eigenvalue weighted by Crippen LogP contribution is -2.44. The van der Waals surface area contributed by atoms with E-state index in [-0.39, 0.29) is 6.04 Å². The second-order valence-electron chi connectivity index (χ2n) is 5.77. The smallest absolute Gasteiger partial charge is 0.310 e. The monoisotopic (exact) mass is 304 g/mol. The maximum atomic E-state index is 12.4. The van der Waals surface area contributed by atoms with Gasteiger partial charge in [0.05, 0.1) is 18.3 Å². The average molecular weight is 304 g/mol. The molecule has 0 aromatic carbocycles. The number of esters is 1. The fourth-order valence-corrected chi connectivity index (χ4v) is 5.07. The van der Waals surface area contributed by atoms with Gasteiger partial charge in [-0.15, -0.1) is 0 Å². The van der Waals surface area contributed by atoms with Crippen LogP contribution < -0.4 is 4.72 Å². The average Bonchev–Trinajstić information content (AvgIpc) is 3.04. The Morgan fingerprint density at radius 2 is 2.05 bits per heavy atom. The number of sulfonamides is 1. The number of carbonyl (C=O) groups is 1. The number of nitrogens with one attached hydrogen (secondary N) is 1. The van der Waals surface area contributed by atoms with Gasteiger partial charge in [-0.1, -0.05) is 6.42 Å². The highest BCUT2D eigenvalue weighted by atomic mass is 32.2. The van der Waals surface area contributed by atoms with E-state index in [1.807, 2.05) is 7.05 Å². The first-order valence-electron chi connectivity index (χ1n) is 7.22. The van der Waals surface area contributed by atoms with Crippen molar-refractivity contribution in [3.05, 3.63) is 0 Å². The molecular formula is C13H24N2O4S. The molecule has 3 unspecified atom stereocenters. The summed E-state index contributed by atoms with van der Waals surface area (Å²) in [5.74, 6) is -0.922. The zero-order valence-electron chi connectivity index (χ0n) is 12.2. The first-order chi connectivity index (χ1) is 9.45. The van der Waals surface area contributed by atoms with Crippen molar-refractivity contribution in [1.82, 2.24) is 9.62 Å². The number of hydrogen-bond donors (Lipinski definition) is 1. The van der Waals surface area contributed by atoms with Crippen LogP contribution in [0.4, 0.5) is 0 Å². The minimum atomic E-state index is -3.45. The molecule has 0 radical (unpaired) electrons. The topological polar surface area (TPSA) is 75.7 Å². The van der Waals surface area contributed by atoms with Crippen molar-refractivity contribution in [2.24, 2.45) is 5.92 Å². The number of likely N-dealkylation sites (N-methyl/N-ethyl adjacent to an activating group) is 1. The Morgan fingerprint density at radius 3 is 2.65 bits per heavy atom. The lowest BCUT2D eigenvalue weighted by atomic mass is 10.1. The Labute approximate surface area is 120 Å². The molecule has 6 nitrogen and oxygen atoms in total. The summed E-state index contributed by atoms with van der Waals surface area (Å²) >= 11 is 0. The predicted octanol–water partition coefficient (Wildman–Crippen LogP) is 0.342. The first-order valence-corrected chi connectivity index (χ1v) is 8.77. The van der Waals surface area contributed by atoms with Gasteiger partial charge in [0.15, 0.2) is 0 Å². The lowest BCUT2D eigenvalue weighted by molar-refractivity contribution is -0.145. The molecule has 1 saturated heterocycles. The minimum absolute atomic E-state index is 0.266. The molecule has 2 aliphatic rings. The van der Waals surface area contributed by atoms with Crippen molar-refractivity contribution >= 4 is 16.0 Å². The standard InChI is InChI=1S/C13H24N2O4S/c1-15-8-4-5-10(15)9-14-20(17,18)12-7-3-6-11(12)13(16)19-2/h10-12,14H,3-9H2,1-2H3. The molecule has 1 aliphatic heterocycles. The van der Waals surface area contributed by atoms with Crippen molar-refractivity contribution < 1.29 is 17.9 Å². The van der Waals surface area contributed by atoms with E-state index in [1.54, 1.807) is 0 Å². The van der Waals surface area contributed by atoms with E-state index in [0.717, 1.165) is 25.8 Å². The number of ether oxygens (including phenoxy) is 1. The number of hydrogen-bond acceptors (Lipinski definition) is 5. The molecule has 3 atom stereocenters. The van der Waals surface area contributed by atoms with Crippen LogP contribution in [0.3, 0.4) is 0 Å². The minimum Gasteiger partial charge on any atom is -0.469 e. The normalized spacial score (nSPS) is 31.6. The highest BCUT2D eigenvalue weighted by Crippen LogP contribution is 2.31. The van der Waals surface area contributed by atoms with Crippen molar-refractivity contribution in [1.29, 1.82) is 0 Å². The number of methoxy groups -OCH3 is 1. The molecular weight excluding hydrogens is 280 g/mol. The quantitative estimate of drug-likeness (QED) is 0.741. The van der Waals surface area contributed by atoms with Gasteiger partial charge < -0.3 is 9.64 Å². The zero-order chi connectivity index (χ0) is 14.8. The molecule has 1 heterocycles. The summed E-state index contributed by atoms with van der Waals surface area (Å²) in [5.41, 5.74) is 0. The van der Waals surface area contributed by atoms with Crippen LogP contribution in [0.1, 0.15) is 32.1 Å². The third-order valence-electron chi connectivity index (χ3n) is 4.55. The third-order valence-corrected chi connectivity index (χ3v) is 6.48. The molecule has 7 heteroatoms. The number of likely N-dealkylation sites (tertiary alicyclic amines) is 1. The van der Waals surface area contributed by atoms with Gasteiger partial charge in [0.1, 0.15) is 0 Å². The fourth-order valence-electron chi connectivity index (χ4n) is 3.27. The number of rotatable bonds is 5. The van der Waals surface area contributed by atoms with Crippen molar-refractivity contribution in [3.8, 4) is 0 Å². The molecule has 0 spiro atoms. The highest BCUT2D eigenvalue weighted by Gasteiger charge is 2.42. The van der Waals surface area contributed by atoms with Crippen LogP contribution in [0, 0.1) is 5.92 Å². The third kappa shape index (κ3) is 3.32. The molecule has 0 aromatic rings. The SMILES string of the molecule is COC(=O)C1CCCC1S(=O)(=O)NCC1CCCN1C. The summed E-state index contributed by atoms with van der Waals surface area (Å²) in [6.07, 6.45) is 4.02. The van der Waals surface area contributed by atoms with Gasteiger partial charge in [-0.2, -0.15) is 0 Å². The lowest BCUT2D eigenvalue weighted by Gasteiger charge is -2.23. The summed E-state index contributed by atoms with van der Waals surface area (Å²) in [5, 5.41) is -0.637. The van der Waals surface area contributed by atoms with E-state index in [1.165, 1.54) is 7.11 Å². The Hall–Kier alpha value is -0.660. The zero-order valence-corrected chi connectivity index (χ0v) is 13.0. The van der Waals surface area contributed by atoms with Crippen molar-refractivity contribution in [3.63, 3.8) is 0 Å². The molecule has 116 valence electrons. The molecule has 1 N–H and O–H groups in total. The highest BCUT2D eigenvalue weighted by molar-refractivity contribution is 7.90. The molecule has 0 bridgehead atoms. The van der Waals surface area contributed by atoms with Crippen molar-refractivity contribution in [2.45, 2.75) is 43.4 Å². The Morgan fingerprint density at radius 1 is 1.30 bits per heavy atom. The van der Waals surface area contributed by atoms with Crippen LogP contribution >= 0.6 is 0 Å². The predicted molar refractivity (Wildman–Crippen MR) is 75.7 cm³/mol. The van der Waals surface area contributed by atoms with E-state index >= 15 is 0 Å². The summed E-state index contributed by atoms with van der Waals surface area (Å²) in [6.45, 7) is 1.45. The van der Waals surface area contributed by atoms with E-state index < -0.39 is 27.2 Å². The molecule has 0 amide bonds. The molecule has 2 fully saturated rings. The molecule has 2 rings (SSSR count). The summed E-state index contributed by atoms with van der Waals surface area (Å²) in [6, 6.07) is 0.266. The first kappa shape index (κ1) is 15.7. The second-order valence-corrected chi connectivity index (χ2v) is 7.75. The maximum Gasteiger partial charge on any atom is 0.310 e. The number of nitrogens with zero attached hydrogens (tertiary/aromatic N) is 1. The molecule has 20 heavy (non-hydrogen) atoms. The summed E-state index contributed by atoms with van der Waals surface area (Å²) in [7, 11) is -0.129. The van der Waals surface area contributed by atoms with Crippen LogP contribution in [0.15, 0.2) is 0 Å². The summed E-state index contributed by atoms with van der Waals surface area (Å²) < 4.78 is 32.2. The van der Waals surface area contributed by atoms with Crippen LogP contribution in [-0.2, 0) is 19.6 Å². The van der Waals surface area contributed by atoms with E-state index in [4.69, 9.17) is 4.74 Å². The van der Waals surface area contributed by atoms with Gasteiger partial charge in [0.2, 0.25) is 10.0 Å². The molecule has 0 aromatic heterocycles. The van der Waals surface area contributed by atoms with E-state index in [9.17, 15) is 13.2 Å². The van der Waals surface area contributed by atoms with Gasteiger partial charge in [-0.05, 0) is 39.3 Å². The van der Waals surface area contributed by atoms with Gasteiger partial charge in [-0.25, -0.2) is 13.1 Å². The molecule has 1 saturated carbocycles. The van der Waals surface area contributed by atoms with Crippen LogP contribution in [0.2, 0.25) is 0 Å². The van der Waals surface area contributed by atoms with Crippen molar-refractivity contribution in [2.75, 3.05) is 27.2 Å². The largest absolute Gasteiger partial charge is 0.469 e. The Bertz CT molecular complexity index is 451. The second kappa shape index (κ2) is 6.41. The van der Waals surface area contributed by atoms with Crippen LogP contribution in [-0.4, -0.2) is 57.8 Å². The summed E-state index contributed by atoms with van der Waals surface area (Å²) in [4.78, 5) is 13.8. The van der Waals surface area contributed by atoms with Gasteiger partial charge in [-0.3, -0.25) is 4.79 Å².